The Labute approximate surface area is 136 Å². The minimum Gasteiger partial charge on any atom is -0.207 e. The van der Waals surface area contributed by atoms with E-state index in [2.05, 4.69) is 70.0 Å². The van der Waals surface area contributed by atoms with Crippen molar-refractivity contribution in [1.82, 2.24) is 0 Å². The summed E-state index contributed by atoms with van der Waals surface area (Å²) in [4.78, 5) is -0.122. The van der Waals surface area contributed by atoms with Crippen molar-refractivity contribution in [2.24, 2.45) is 5.92 Å². The number of alkyl halides is 1. The fourth-order valence-corrected chi connectivity index (χ4v) is 3.19. The van der Waals surface area contributed by atoms with E-state index in [1.165, 1.54) is 11.6 Å². The lowest BCUT2D eigenvalue weighted by Crippen LogP contribution is -1.98. The molecule has 0 N–H and O–H groups in total. The van der Waals surface area contributed by atoms with E-state index < -0.39 is 0 Å². The maximum Gasteiger partial charge on any atom is 0.129 e. The molecule has 2 aromatic carbocycles. The Morgan fingerprint density at radius 2 is 1.70 bits per heavy atom. The van der Waals surface area contributed by atoms with Gasteiger partial charge >= 0.3 is 0 Å². The molecule has 106 valence electrons. The van der Waals surface area contributed by atoms with Crippen molar-refractivity contribution in [2.45, 2.75) is 25.1 Å². The minimum absolute atomic E-state index is 0.122. The van der Waals surface area contributed by atoms with Gasteiger partial charge in [0.1, 0.15) is 5.82 Å². The third kappa shape index (κ3) is 3.92. The molecule has 0 amide bonds. The van der Waals surface area contributed by atoms with E-state index in [9.17, 15) is 4.39 Å². The quantitative estimate of drug-likeness (QED) is 0.531. The van der Waals surface area contributed by atoms with Crippen LogP contribution in [0.5, 0.6) is 0 Å². The second-order valence-corrected chi connectivity index (χ2v) is 7.20. The number of benzene rings is 2. The van der Waals surface area contributed by atoms with E-state index in [0.717, 1.165) is 16.5 Å². The van der Waals surface area contributed by atoms with Crippen molar-refractivity contribution in [3.8, 4) is 0 Å². The molecule has 0 saturated heterocycles. The van der Waals surface area contributed by atoms with Crippen LogP contribution in [0.1, 0.15) is 35.4 Å². The maximum absolute atomic E-state index is 14.0. The molecule has 0 aliphatic carbocycles. The molecular formula is C17H17Br2F. The molecule has 3 heteroatoms. The summed E-state index contributed by atoms with van der Waals surface area (Å²) >= 11 is 6.87. The molecule has 1 atom stereocenters. The van der Waals surface area contributed by atoms with Gasteiger partial charge in [0.2, 0.25) is 0 Å². The lowest BCUT2D eigenvalue weighted by molar-refractivity contribution is 0.612. The van der Waals surface area contributed by atoms with Crippen molar-refractivity contribution in [1.29, 1.82) is 0 Å². The number of rotatable bonds is 4. The van der Waals surface area contributed by atoms with Crippen LogP contribution in [0.3, 0.4) is 0 Å². The molecular weight excluding hydrogens is 383 g/mol. The minimum atomic E-state index is -0.201. The standard InChI is InChI=1S/C17H17Br2F/c1-11(2)9-12-3-5-13(6-4-12)17(19)15-8-7-14(18)10-16(15)20/h3-8,10-11,17H,9H2,1-2H3. The fourth-order valence-electron chi connectivity index (χ4n) is 2.18. The molecule has 0 aliphatic rings. The van der Waals surface area contributed by atoms with Gasteiger partial charge in [-0.05, 0) is 35.6 Å². The van der Waals surface area contributed by atoms with Gasteiger partial charge in [-0.25, -0.2) is 4.39 Å². The fraction of sp³-hybridized carbons (Fsp3) is 0.294. The summed E-state index contributed by atoms with van der Waals surface area (Å²) in [7, 11) is 0. The zero-order valence-electron chi connectivity index (χ0n) is 11.5. The van der Waals surface area contributed by atoms with Crippen LogP contribution < -0.4 is 0 Å². The molecule has 0 radical (unpaired) electrons. The Bertz CT molecular complexity index is 576. The van der Waals surface area contributed by atoms with Crippen LogP contribution in [0.4, 0.5) is 4.39 Å². The summed E-state index contributed by atoms with van der Waals surface area (Å²) in [5.41, 5.74) is 3.04. The third-order valence-electron chi connectivity index (χ3n) is 3.15. The highest BCUT2D eigenvalue weighted by atomic mass is 79.9. The average molecular weight is 400 g/mol. The molecule has 2 rings (SSSR count). The van der Waals surface area contributed by atoms with Gasteiger partial charge in [-0.2, -0.15) is 0 Å². The monoisotopic (exact) mass is 398 g/mol. The Kier molecular flexibility index (Phi) is 5.39. The van der Waals surface area contributed by atoms with E-state index in [0.29, 0.717) is 11.5 Å². The van der Waals surface area contributed by atoms with Crippen molar-refractivity contribution in [2.75, 3.05) is 0 Å². The average Bonchev–Trinajstić information content (AvgIpc) is 2.38. The van der Waals surface area contributed by atoms with Gasteiger partial charge in [-0.15, -0.1) is 0 Å². The van der Waals surface area contributed by atoms with Gasteiger partial charge in [0.25, 0.3) is 0 Å². The molecule has 2 aromatic rings. The largest absolute Gasteiger partial charge is 0.207 e. The van der Waals surface area contributed by atoms with E-state index >= 15 is 0 Å². The molecule has 0 fully saturated rings. The first-order valence-corrected chi connectivity index (χ1v) is 8.36. The second-order valence-electron chi connectivity index (χ2n) is 5.37. The molecule has 0 aromatic heterocycles. The van der Waals surface area contributed by atoms with Crippen molar-refractivity contribution < 1.29 is 4.39 Å². The van der Waals surface area contributed by atoms with E-state index in [4.69, 9.17) is 0 Å². The molecule has 20 heavy (non-hydrogen) atoms. The lowest BCUT2D eigenvalue weighted by atomic mass is 9.99. The predicted molar refractivity (Wildman–Crippen MR) is 89.9 cm³/mol. The molecule has 0 aliphatic heterocycles. The molecule has 0 heterocycles. The van der Waals surface area contributed by atoms with Gasteiger partial charge in [0.15, 0.2) is 0 Å². The highest BCUT2D eigenvalue weighted by Gasteiger charge is 2.15. The van der Waals surface area contributed by atoms with Crippen LogP contribution in [-0.2, 0) is 6.42 Å². The van der Waals surface area contributed by atoms with Crippen molar-refractivity contribution >= 4 is 31.9 Å². The van der Waals surface area contributed by atoms with Crippen molar-refractivity contribution in [3.05, 3.63) is 69.4 Å². The molecule has 0 nitrogen and oxygen atoms in total. The summed E-state index contributed by atoms with van der Waals surface area (Å²) in [6, 6.07) is 13.6. The third-order valence-corrected chi connectivity index (χ3v) is 4.67. The van der Waals surface area contributed by atoms with Crippen LogP contribution in [0.2, 0.25) is 0 Å². The summed E-state index contributed by atoms with van der Waals surface area (Å²) in [6.45, 7) is 4.41. The second kappa shape index (κ2) is 6.86. The van der Waals surface area contributed by atoms with Crippen LogP contribution in [0.25, 0.3) is 0 Å². The van der Waals surface area contributed by atoms with Gasteiger partial charge in [0.05, 0.1) is 4.83 Å². The van der Waals surface area contributed by atoms with E-state index in [-0.39, 0.29) is 10.6 Å². The molecule has 1 unspecified atom stereocenters. The first-order chi connectivity index (χ1) is 9.47. The Hall–Kier alpha value is -0.670. The van der Waals surface area contributed by atoms with Crippen molar-refractivity contribution in [3.63, 3.8) is 0 Å². The number of halogens is 3. The summed E-state index contributed by atoms with van der Waals surface area (Å²) in [5.74, 6) is 0.442. The van der Waals surface area contributed by atoms with Crippen LogP contribution in [-0.4, -0.2) is 0 Å². The number of hydrogen-bond donors (Lipinski definition) is 0. The normalized spacial score (nSPS) is 12.7. The van der Waals surface area contributed by atoms with Gasteiger partial charge < -0.3 is 0 Å². The van der Waals surface area contributed by atoms with E-state index in [1.54, 1.807) is 6.07 Å². The van der Waals surface area contributed by atoms with Crippen LogP contribution >= 0.6 is 31.9 Å². The van der Waals surface area contributed by atoms with Crippen LogP contribution in [0, 0.1) is 11.7 Å². The first-order valence-electron chi connectivity index (χ1n) is 6.65. The highest BCUT2D eigenvalue weighted by Crippen LogP contribution is 2.33. The molecule has 0 saturated carbocycles. The summed E-state index contributed by atoms with van der Waals surface area (Å²) in [6.07, 6.45) is 1.07. The summed E-state index contributed by atoms with van der Waals surface area (Å²) in [5, 5.41) is 0. The predicted octanol–water partition coefficient (Wildman–Crippen LogP) is 6.27. The Morgan fingerprint density at radius 3 is 2.25 bits per heavy atom. The van der Waals surface area contributed by atoms with Gasteiger partial charge in [-0.1, -0.05) is 76.0 Å². The Balaban J connectivity index is 2.22. The lowest BCUT2D eigenvalue weighted by Gasteiger charge is -2.13. The van der Waals surface area contributed by atoms with Gasteiger partial charge in [0, 0.05) is 10.0 Å². The first kappa shape index (κ1) is 15.7. The zero-order valence-corrected chi connectivity index (χ0v) is 14.7. The Morgan fingerprint density at radius 1 is 1.05 bits per heavy atom. The van der Waals surface area contributed by atoms with Gasteiger partial charge in [-0.3, -0.25) is 0 Å². The summed E-state index contributed by atoms with van der Waals surface area (Å²) < 4.78 is 14.7. The highest BCUT2D eigenvalue weighted by molar-refractivity contribution is 9.10. The smallest absolute Gasteiger partial charge is 0.129 e. The maximum atomic E-state index is 14.0. The number of hydrogen-bond acceptors (Lipinski definition) is 0. The molecule has 0 bridgehead atoms. The molecule has 0 spiro atoms. The van der Waals surface area contributed by atoms with Crippen LogP contribution in [0.15, 0.2) is 46.9 Å². The zero-order chi connectivity index (χ0) is 14.7. The van der Waals surface area contributed by atoms with E-state index in [1.807, 2.05) is 6.07 Å². The SMILES string of the molecule is CC(C)Cc1ccc(C(Br)c2ccc(Br)cc2F)cc1. The topological polar surface area (TPSA) is 0 Å².